The number of amides is 2. The molecule has 308 valence electrons. The molecule has 0 radical (unpaired) electrons. The summed E-state index contributed by atoms with van der Waals surface area (Å²) in [5.41, 5.74) is 0. The lowest BCUT2D eigenvalue weighted by Gasteiger charge is -2.16. The van der Waals surface area contributed by atoms with Crippen molar-refractivity contribution >= 4 is 35.5 Å². The summed E-state index contributed by atoms with van der Waals surface area (Å²) in [6.45, 7) is 1.47. The Morgan fingerprint density at radius 3 is 1.62 bits per heavy atom. The van der Waals surface area contributed by atoms with E-state index >= 15 is 0 Å². The normalized spacial score (nSPS) is 11.5. The van der Waals surface area contributed by atoms with Crippen molar-refractivity contribution < 1.29 is 57.6 Å². The summed E-state index contributed by atoms with van der Waals surface area (Å²) in [6, 6.07) is -0.859. The monoisotopic (exact) mass is 758 g/mol. The number of rotatable bonds is 39. The van der Waals surface area contributed by atoms with Gasteiger partial charge in [0.2, 0.25) is 11.8 Å². The standard InChI is InChI=1S/C39H70N2O12/c1-49-38(47)23-17-14-12-10-8-6-4-3-5-7-9-11-13-16-22-36(44)41-34(39(48)50-2)24-25-35(43)40-26-18-15-19-27-52-31-33(42)21-20-28-51-29-30-53-32-37(45)46/h34H,3-32H2,1-2H3,(H,40,43)(H,41,44)(H,45,46)/t34-/m0/s1. The van der Waals surface area contributed by atoms with Gasteiger partial charge in [-0.3, -0.25) is 19.2 Å². The zero-order chi connectivity index (χ0) is 39.2. The lowest BCUT2D eigenvalue weighted by molar-refractivity contribution is -0.145. The van der Waals surface area contributed by atoms with Gasteiger partial charge in [0.25, 0.3) is 0 Å². The number of carbonyl (C=O) groups excluding carboxylic acids is 5. The van der Waals surface area contributed by atoms with Gasteiger partial charge < -0.3 is 39.4 Å². The maximum Gasteiger partial charge on any atom is 0.329 e. The molecule has 14 heteroatoms. The largest absolute Gasteiger partial charge is 0.480 e. The topological polar surface area (TPSA) is 193 Å². The van der Waals surface area contributed by atoms with E-state index in [9.17, 15) is 28.8 Å². The minimum atomic E-state index is -1.03. The van der Waals surface area contributed by atoms with E-state index in [0.717, 1.165) is 57.8 Å². The third-order valence-electron chi connectivity index (χ3n) is 8.64. The van der Waals surface area contributed by atoms with Crippen LogP contribution in [0.2, 0.25) is 0 Å². The van der Waals surface area contributed by atoms with Crippen LogP contribution in [0.5, 0.6) is 0 Å². The van der Waals surface area contributed by atoms with E-state index in [4.69, 9.17) is 24.1 Å². The number of esters is 2. The van der Waals surface area contributed by atoms with Gasteiger partial charge in [-0.15, -0.1) is 0 Å². The average molecular weight is 759 g/mol. The number of ether oxygens (including phenoxy) is 5. The molecule has 0 rings (SSSR count). The predicted octanol–water partition coefficient (Wildman–Crippen LogP) is 5.61. The molecule has 0 saturated carbocycles. The molecule has 0 bridgehead atoms. The minimum Gasteiger partial charge on any atom is -0.480 e. The molecule has 0 unspecified atom stereocenters. The maximum absolute atomic E-state index is 12.5. The summed E-state index contributed by atoms with van der Waals surface area (Å²) < 4.78 is 25.1. The Labute approximate surface area is 317 Å². The quantitative estimate of drug-likeness (QED) is 0.0519. The fourth-order valence-corrected chi connectivity index (χ4v) is 5.54. The number of Topliss-reactive ketones (excluding diaryl/α,β-unsaturated/α-hetero) is 1. The van der Waals surface area contributed by atoms with Gasteiger partial charge in [0.15, 0.2) is 5.78 Å². The molecule has 0 aromatic heterocycles. The number of hydrogen-bond acceptors (Lipinski definition) is 11. The molecule has 14 nitrogen and oxygen atoms in total. The first-order valence-corrected chi connectivity index (χ1v) is 19.9. The zero-order valence-corrected chi connectivity index (χ0v) is 32.7. The van der Waals surface area contributed by atoms with Crippen LogP contribution in [0.4, 0.5) is 0 Å². The van der Waals surface area contributed by atoms with Crippen molar-refractivity contribution in [3.8, 4) is 0 Å². The highest BCUT2D eigenvalue weighted by Gasteiger charge is 2.22. The number of aliphatic carboxylic acids is 1. The Morgan fingerprint density at radius 2 is 1.04 bits per heavy atom. The van der Waals surface area contributed by atoms with Crippen LogP contribution >= 0.6 is 0 Å². The number of carbonyl (C=O) groups is 6. The first kappa shape index (κ1) is 49.9. The van der Waals surface area contributed by atoms with E-state index in [1.807, 2.05) is 0 Å². The highest BCUT2D eigenvalue weighted by molar-refractivity contribution is 5.85. The third kappa shape index (κ3) is 35.7. The van der Waals surface area contributed by atoms with Gasteiger partial charge in [0.1, 0.15) is 19.3 Å². The molecule has 0 aromatic carbocycles. The Bertz CT molecular complexity index is 978. The van der Waals surface area contributed by atoms with E-state index in [1.54, 1.807) is 0 Å². The second kappa shape index (κ2) is 37.2. The van der Waals surface area contributed by atoms with Crippen LogP contribution in [0.1, 0.15) is 148 Å². The molecule has 0 saturated heterocycles. The molecular weight excluding hydrogens is 688 g/mol. The van der Waals surface area contributed by atoms with Crippen LogP contribution < -0.4 is 10.6 Å². The molecule has 1 atom stereocenters. The Balaban J connectivity index is 3.75. The van der Waals surface area contributed by atoms with Gasteiger partial charge in [0.05, 0.1) is 27.4 Å². The van der Waals surface area contributed by atoms with Crippen LogP contribution in [0.15, 0.2) is 0 Å². The van der Waals surface area contributed by atoms with E-state index < -0.39 is 18.0 Å². The van der Waals surface area contributed by atoms with Gasteiger partial charge in [0, 0.05) is 45.4 Å². The molecule has 2 amide bonds. The first-order chi connectivity index (χ1) is 25.7. The Morgan fingerprint density at radius 1 is 0.509 bits per heavy atom. The number of methoxy groups -OCH3 is 2. The average Bonchev–Trinajstić information content (AvgIpc) is 3.14. The maximum atomic E-state index is 12.5. The van der Waals surface area contributed by atoms with Crippen molar-refractivity contribution in [1.82, 2.24) is 10.6 Å². The summed E-state index contributed by atoms with van der Waals surface area (Å²) in [6.07, 6.45) is 20.2. The third-order valence-corrected chi connectivity index (χ3v) is 8.64. The molecule has 0 spiro atoms. The van der Waals surface area contributed by atoms with E-state index in [0.29, 0.717) is 45.4 Å². The summed E-state index contributed by atoms with van der Waals surface area (Å²) in [4.78, 5) is 70.3. The van der Waals surface area contributed by atoms with Crippen molar-refractivity contribution in [3.05, 3.63) is 0 Å². The second-order valence-electron chi connectivity index (χ2n) is 13.4. The van der Waals surface area contributed by atoms with E-state index in [2.05, 4.69) is 15.4 Å². The van der Waals surface area contributed by atoms with Crippen LogP contribution in [-0.4, -0.2) is 107 Å². The predicted molar refractivity (Wildman–Crippen MR) is 200 cm³/mol. The lowest BCUT2D eigenvalue weighted by atomic mass is 10.0. The number of ketones is 1. The van der Waals surface area contributed by atoms with Crippen molar-refractivity contribution in [3.63, 3.8) is 0 Å². The molecule has 3 N–H and O–H groups in total. The van der Waals surface area contributed by atoms with Gasteiger partial charge in [-0.25, -0.2) is 9.59 Å². The summed E-state index contributed by atoms with van der Waals surface area (Å²) in [5.74, 6) is -2.13. The molecule has 0 aliphatic heterocycles. The summed E-state index contributed by atoms with van der Waals surface area (Å²) in [7, 11) is 2.70. The number of nitrogens with one attached hydrogen (secondary N) is 2. The second-order valence-corrected chi connectivity index (χ2v) is 13.4. The van der Waals surface area contributed by atoms with Crippen LogP contribution in [-0.2, 0) is 52.5 Å². The first-order valence-electron chi connectivity index (χ1n) is 19.9. The van der Waals surface area contributed by atoms with E-state index in [1.165, 1.54) is 65.6 Å². The minimum absolute atomic E-state index is 0.0117. The smallest absolute Gasteiger partial charge is 0.329 e. The van der Waals surface area contributed by atoms with Crippen molar-refractivity contribution in [2.45, 2.75) is 154 Å². The SMILES string of the molecule is COC(=O)CCCCCCCCCCCCCCCCC(=O)N[C@@H](CCC(=O)NCCCCCOCC(=O)CCCOCCOCC(=O)O)C(=O)OC. The van der Waals surface area contributed by atoms with E-state index in [-0.39, 0.29) is 62.8 Å². The lowest BCUT2D eigenvalue weighted by Crippen LogP contribution is -2.42. The highest BCUT2D eigenvalue weighted by atomic mass is 16.5. The Kier molecular flexibility index (Phi) is 35.0. The number of carboxylic acid groups (broad SMARTS) is 1. The Hall–Kier alpha value is -3.10. The van der Waals surface area contributed by atoms with Gasteiger partial charge in [-0.2, -0.15) is 0 Å². The zero-order valence-electron chi connectivity index (χ0n) is 32.7. The fourth-order valence-electron chi connectivity index (χ4n) is 5.54. The van der Waals surface area contributed by atoms with Gasteiger partial charge >= 0.3 is 17.9 Å². The van der Waals surface area contributed by atoms with Crippen LogP contribution in [0.25, 0.3) is 0 Å². The number of carboxylic acids is 1. The van der Waals surface area contributed by atoms with Gasteiger partial charge in [-0.1, -0.05) is 77.0 Å². The molecule has 0 heterocycles. The molecular formula is C39H70N2O12. The van der Waals surface area contributed by atoms with Gasteiger partial charge in [-0.05, 0) is 44.9 Å². The summed E-state index contributed by atoms with van der Waals surface area (Å²) >= 11 is 0. The molecule has 0 aliphatic carbocycles. The fraction of sp³-hybridized carbons (Fsp3) is 0.846. The van der Waals surface area contributed by atoms with Crippen molar-refractivity contribution in [1.29, 1.82) is 0 Å². The molecule has 53 heavy (non-hydrogen) atoms. The van der Waals surface area contributed by atoms with Crippen molar-refractivity contribution in [2.75, 3.05) is 60.4 Å². The van der Waals surface area contributed by atoms with Crippen LogP contribution in [0.3, 0.4) is 0 Å². The molecule has 0 aliphatic rings. The highest BCUT2D eigenvalue weighted by Crippen LogP contribution is 2.14. The van der Waals surface area contributed by atoms with Crippen molar-refractivity contribution in [2.24, 2.45) is 0 Å². The summed E-state index contributed by atoms with van der Waals surface area (Å²) in [5, 5.41) is 14.0. The number of unbranched alkanes of at least 4 members (excludes halogenated alkanes) is 15. The molecule has 0 aromatic rings. The molecule has 0 fully saturated rings. The number of hydrogen-bond donors (Lipinski definition) is 3. The van der Waals surface area contributed by atoms with Crippen LogP contribution in [0, 0.1) is 0 Å².